The van der Waals surface area contributed by atoms with Crippen LogP contribution in [0.1, 0.15) is 18.4 Å². The van der Waals surface area contributed by atoms with Gasteiger partial charge < -0.3 is 11.1 Å². The first-order chi connectivity index (χ1) is 6.75. The molecular formula is C11H17N3. The smallest absolute Gasteiger partial charge is 0.125 e. The minimum atomic E-state index is 0.290. The Hall–Kier alpha value is -1.09. The van der Waals surface area contributed by atoms with Gasteiger partial charge in [0.05, 0.1) is 0 Å². The Labute approximate surface area is 84.7 Å². The third-order valence-electron chi connectivity index (χ3n) is 2.66. The molecule has 1 aromatic rings. The number of aromatic nitrogens is 1. The average Bonchev–Trinajstić information content (AvgIpc) is 3.00. The zero-order valence-electron chi connectivity index (χ0n) is 8.53. The second-order valence-corrected chi connectivity index (χ2v) is 4.10. The molecule has 0 aliphatic heterocycles. The number of nitrogens with zero attached hydrogens (tertiary/aromatic N) is 1. The van der Waals surface area contributed by atoms with Crippen molar-refractivity contribution in [3.05, 3.63) is 23.9 Å². The van der Waals surface area contributed by atoms with Crippen molar-refractivity contribution < 1.29 is 0 Å². The predicted octanol–water partition coefficient (Wildman–Crippen LogP) is 1.54. The summed E-state index contributed by atoms with van der Waals surface area (Å²) in [7, 11) is 0. The minimum absolute atomic E-state index is 0.290. The highest BCUT2D eigenvalue weighted by atomic mass is 15.0. The molecule has 1 heterocycles. The summed E-state index contributed by atoms with van der Waals surface area (Å²) in [6, 6.07) is 4.34. The molecule has 0 amide bonds. The molecule has 76 valence electrons. The van der Waals surface area contributed by atoms with Crippen molar-refractivity contribution in [1.29, 1.82) is 0 Å². The van der Waals surface area contributed by atoms with Crippen molar-refractivity contribution in [3.63, 3.8) is 0 Å². The van der Waals surface area contributed by atoms with E-state index in [0.717, 1.165) is 18.3 Å². The number of hydrogen-bond donors (Lipinski definition) is 2. The van der Waals surface area contributed by atoms with Crippen molar-refractivity contribution in [2.75, 3.05) is 11.9 Å². The molecule has 1 aliphatic rings. The zero-order chi connectivity index (χ0) is 9.97. The Morgan fingerprint density at radius 3 is 2.93 bits per heavy atom. The van der Waals surface area contributed by atoms with E-state index in [4.69, 9.17) is 5.73 Å². The molecule has 1 atom stereocenters. The molecule has 1 saturated carbocycles. The van der Waals surface area contributed by atoms with Crippen LogP contribution in [0.4, 0.5) is 5.82 Å². The highest BCUT2D eigenvalue weighted by molar-refractivity contribution is 5.35. The predicted molar refractivity (Wildman–Crippen MR) is 58.2 cm³/mol. The molecule has 1 unspecified atom stereocenters. The van der Waals surface area contributed by atoms with Crippen molar-refractivity contribution in [2.45, 2.75) is 25.8 Å². The van der Waals surface area contributed by atoms with E-state index in [1.165, 1.54) is 18.4 Å². The van der Waals surface area contributed by atoms with Crippen LogP contribution < -0.4 is 11.1 Å². The summed E-state index contributed by atoms with van der Waals surface area (Å²) >= 11 is 0. The highest BCUT2D eigenvalue weighted by Crippen LogP contribution is 2.31. The summed E-state index contributed by atoms with van der Waals surface area (Å²) < 4.78 is 0. The SMILES string of the molecule is Cc1ccc(NCC(N)C2CC2)nc1. The largest absolute Gasteiger partial charge is 0.369 e. The summed E-state index contributed by atoms with van der Waals surface area (Å²) in [5.74, 6) is 1.67. The summed E-state index contributed by atoms with van der Waals surface area (Å²) in [6.07, 6.45) is 4.46. The van der Waals surface area contributed by atoms with Gasteiger partial charge in [-0.15, -0.1) is 0 Å². The quantitative estimate of drug-likeness (QED) is 0.759. The normalized spacial score (nSPS) is 17.9. The summed E-state index contributed by atoms with van der Waals surface area (Å²) in [6.45, 7) is 2.87. The third-order valence-corrected chi connectivity index (χ3v) is 2.66. The Morgan fingerprint density at radius 1 is 1.57 bits per heavy atom. The van der Waals surface area contributed by atoms with Crippen LogP contribution in [0, 0.1) is 12.8 Å². The van der Waals surface area contributed by atoms with Gasteiger partial charge in [-0.25, -0.2) is 4.98 Å². The number of rotatable bonds is 4. The van der Waals surface area contributed by atoms with Crippen LogP contribution in [0.2, 0.25) is 0 Å². The topological polar surface area (TPSA) is 50.9 Å². The van der Waals surface area contributed by atoms with Gasteiger partial charge in [-0.1, -0.05) is 6.07 Å². The van der Waals surface area contributed by atoms with Gasteiger partial charge in [-0.05, 0) is 37.3 Å². The average molecular weight is 191 g/mol. The molecule has 3 nitrogen and oxygen atoms in total. The first-order valence-electron chi connectivity index (χ1n) is 5.18. The lowest BCUT2D eigenvalue weighted by atomic mass is 10.2. The van der Waals surface area contributed by atoms with Crippen molar-refractivity contribution >= 4 is 5.82 Å². The van der Waals surface area contributed by atoms with Crippen molar-refractivity contribution in [1.82, 2.24) is 4.98 Å². The van der Waals surface area contributed by atoms with Crippen LogP contribution in [0.3, 0.4) is 0 Å². The van der Waals surface area contributed by atoms with E-state index in [1.54, 1.807) is 0 Å². The fraction of sp³-hybridized carbons (Fsp3) is 0.545. The van der Waals surface area contributed by atoms with E-state index in [0.29, 0.717) is 0 Å². The molecule has 0 saturated heterocycles. The standard InChI is InChI=1S/C11H17N3/c1-8-2-5-11(13-6-8)14-7-10(12)9-3-4-9/h2,5-6,9-10H,3-4,7,12H2,1H3,(H,13,14). The first-order valence-corrected chi connectivity index (χ1v) is 5.18. The van der Waals surface area contributed by atoms with Gasteiger partial charge >= 0.3 is 0 Å². The Morgan fingerprint density at radius 2 is 2.36 bits per heavy atom. The maximum atomic E-state index is 5.97. The van der Waals surface area contributed by atoms with Gasteiger partial charge in [0.2, 0.25) is 0 Å². The van der Waals surface area contributed by atoms with Gasteiger partial charge in [-0.3, -0.25) is 0 Å². The van der Waals surface area contributed by atoms with Gasteiger partial charge in [0.15, 0.2) is 0 Å². The molecule has 0 radical (unpaired) electrons. The van der Waals surface area contributed by atoms with E-state index in [1.807, 2.05) is 19.2 Å². The van der Waals surface area contributed by atoms with E-state index in [9.17, 15) is 0 Å². The Bertz CT molecular complexity index is 290. The molecule has 0 spiro atoms. The minimum Gasteiger partial charge on any atom is -0.369 e. The summed E-state index contributed by atoms with van der Waals surface area (Å²) in [5.41, 5.74) is 7.15. The molecular weight excluding hydrogens is 174 g/mol. The third kappa shape index (κ3) is 2.45. The number of aryl methyl sites for hydroxylation is 1. The fourth-order valence-electron chi connectivity index (χ4n) is 1.49. The van der Waals surface area contributed by atoms with Crippen LogP contribution in [0.25, 0.3) is 0 Å². The number of hydrogen-bond acceptors (Lipinski definition) is 3. The molecule has 1 aliphatic carbocycles. The van der Waals surface area contributed by atoms with Crippen LogP contribution in [-0.2, 0) is 0 Å². The number of nitrogens with one attached hydrogen (secondary N) is 1. The van der Waals surface area contributed by atoms with Crippen molar-refractivity contribution in [3.8, 4) is 0 Å². The maximum Gasteiger partial charge on any atom is 0.125 e. The van der Waals surface area contributed by atoms with Crippen LogP contribution >= 0.6 is 0 Å². The van der Waals surface area contributed by atoms with Gasteiger partial charge in [-0.2, -0.15) is 0 Å². The Kier molecular flexibility index (Phi) is 2.68. The van der Waals surface area contributed by atoms with Crippen LogP contribution in [-0.4, -0.2) is 17.6 Å². The molecule has 1 fully saturated rings. The second kappa shape index (κ2) is 3.96. The Balaban J connectivity index is 1.82. The lowest BCUT2D eigenvalue weighted by molar-refractivity contribution is 0.620. The van der Waals surface area contributed by atoms with Gasteiger partial charge in [0, 0.05) is 18.8 Å². The van der Waals surface area contributed by atoms with Crippen molar-refractivity contribution in [2.24, 2.45) is 11.7 Å². The lowest BCUT2D eigenvalue weighted by Gasteiger charge is -2.11. The van der Waals surface area contributed by atoms with Gasteiger partial charge in [0.1, 0.15) is 5.82 Å². The molecule has 0 bridgehead atoms. The summed E-state index contributed by atoms with van der Waals surface area (Å²) in [5, 5.41) is 3.26. The monoisotopic (exact) mass is 191 g/mol. The molecule has 1 aromatic heterocycles. The maximum absolute atomic E-state index is 5.97. The van der Waals surface area contributed by atoms with E-state index >= 15 is 0 Å². The number of nitrogens with two attached hydrogens (primary N) is 1. The van der Waals surface area contributed by atoms with E-state index in [-0.39, 0.29) is 6.04 Å². The lowest BCUT2D eigenvalue weighted by Crippen LogP contribution is -2.31. The number of pyridine rings is 1. The molecule has 2 rings (SSSR count). The highest BCUT2D eigenvalue weighted by Gasteiger charge is 2.27. The summed E-state index contributed by atoms with van der Waals surface area (Å²) in [4.78, 5) is 4.26. The van der Waals surface area contributed by atoms with E-state index < -0.39 is 0 Å². The van der Waals surface area contributed by atoms with Gasteiger partial charge in [0.25, 0.3) is 0 Å². The molecule has 14 heavy (non-hydrogen) atoms. The first kappa shape index (κ1) is 9.46. The number of anilines is 1. The zero-order valence-corrected chi connectivity index (χ0v) is 8.53. The molecule has 0 aromatic carbocycles. The molecule has 3 N–H and O–H groups in total. The fourth-order valence-corrected chi connectivity index (χ4v) is 1.49. The second-order valence-electron chi connectivity index (χ2n) is 4.10. The van der Waals surface area contributed by atoms with Crippen LogP contribution in [0.15, 0.2) is 18.3 Å². The molecule has 3 heteroatoms. The van der Waals surface area contributed by atoms with E-state index in [2.05, 4.69) is 16.4 Å². The van der Waals surface area contributed by atoms with Crippen LogP contribution in [0.5, 0.6) is 0 Å².